The summed E-state index contributed by atoms with van der Waals surface area (Å²) in [6, 6.07) is 74.2. The largest absolute Gasteiger partial charge is 0.455 e. The Kier molecular flexibility index (Phi) is 8.72. The molecule has 13 rings (SSSR count). The van der Waals surface area contributed by atoms with E-state index in [1.807, 2.05) is 0 Å². The average molecular weight is 807 g/mol. The predicted octanol–water partition coefficient (Wildman–Crippen LogP) is 18.2. The Morgan fingerprint density at radius 1 is 0.270 bits per heavy atom. The fraction of sp³-hybridized carbons (Fsp3) is 0.0492. The highest BCUT2D eigenvalue weighted by molar-refractivity contribution is 6.41. The fourth-order valence-electron chi connectivity index (χ4n) is 9.93. The number of hydrogen-bond acceptors (Lipinski definition) is 2. The van der Waals surface area contributed by atoms with Crippen molar-refractivity contribution in [2.45, 2.75) is 20.3 Å². The second-order valence-corrected chi connectivity index (χ2v) is 16.6. The lowest BCUT2D eigenvalue weighted by molar-refractivity contribution is 0.665. The molecule has 63 heavy (non-hydrogen) atoms. The number of fused-ring (bicyclic) bond motifs is 10. The van der Waals surface area contributed by atoms with Gasteiger partial charge in [0.25, 0.3) is 0 Å². The van der Waals surface area contributed by atoms with Gasteiger partial charge in [-0.3, -0.25) is 0 Å². The van der Waals surface area contributed by atoms with Crippen LogP contribution in [-0.4, -0.2) is 0 Å². The molecule has 2 aromatic heterocycles. The zero-order valence-electron chi connectivity index (χ0n) is 35.2. The van der Waals surface area contributed by atoms with Crippen LogP contribution in [0.4, 0.5) is 0 Å². The first-order valence-electron chi connectivity index (χ1n) is 22.0. The molecule has 0 amide bonds. The van der Waals surface area contributed by atoms with Crippen molar-refractivity contribution < 1.29 is 8.83 Å². The lowest BCUT2D eigenvalue weighted by Gasteiger charge is -2.19. The molecule has 0 aliphatic carbocycles. The number of hydrogen-bond donors (Lipinski definition) is 0. The van der Waals surface area contributed by atoms with Gasteiger partial charge in [0.2, 0.25) is 0 Å². The highest BCUT2D eigenvalue weighted by Gasteiger charge is 2.23. The highest BCUT2D eigenvalue weighted by atomic mass is 16.3. The quantitative estimate of drug-likeness (QED) is 0.131. The molecule has 0 fully saturated rings. The van der Waals surface area contributed by atoms with E-state index in [-0.39, 0.29) is 0 Å². The van der Waals surface area contributed by atoms with Crippen molar-refractivity contribution in [2.24, 2.45) is 0 Å². The second kappa shape index (κ2) is 14.9. The third-order valence-electron chi connectivity index (χ3n) is 12.7. The summed E-state index contributed by atoms with van der Waals surface area (Å²) in [5.74, 6) is 0. The zero-order chi connectivity index (χ0) is 42.0. The Morgan fingerprint density at radius 3 is 0.984 bits per heavy atom. The summed E-state index contributed by atoms with van der Waals surface area (Å²) in [7, 11) is 0. The Bertz CT molecular complexity index is 3600. The normalized spacial score (nSPS) is 11.7. The van der Waals surface area contributed by atoms with E-state index in [0.717, 1.165) is 76.2 Å². The van der Waals surface area contributed by atoms with Gasteiger partial charge in [0, 0.05) is 43.1 Å². The molecule has 0 N–H and O–H groups in total. The molecule has 0 bridgehead atoms. The Balaban J connectivity index is 0.00000137. The SMILES string of the molecule is CCC.c1ccc(-c2ccc(-c3cc4c(oc5cccc6c5c4c4cccc5oc7c8ccccc8c(-c8ccc(-c9ccccc9)cc8)cc7c6c54)c4ccccc34)cc2)cc1. The molecule has 0 aliphatic heterocycles. The van der Waals surface area contributed by atoms with Crippen molar-refractivity contribution in [1.29, 1.82) is 0 Å². The van der Waals surface area contributed by atoms with Crippen LogP contribution < -0.4 is 0 Å². The Hall–Kier alpha value is -7.94. The van der Waals surface area contributed by atoms with Crippen LogP contribution in [0.15, 0.2) is 215 Å². The van der Waals surface area contributed by atoms with E-state index in [2.05, 4.69) is 220 Å². The van der Waals surface area contributed by atoms with Crippen molar-refractivity contribution >= 4 is 87.0 Å². The minimum Gasteiger partial charge on any atom is -0.455 e. The summed E-state index contributed by atoms with van der Waals surface area (Å²) in [5.41, 5.74) is 13.0. The van der Waals surface area contributed by atoms with E-state index < -0.39 is 0 Å². The lowest BCUT2D eigenvalue weighted by Crippen LogP contribution is -1.93. The minimum atomic E-state index is 0.870. The molecule has 0 radical (unpaired) electrons. The van der Waals surface area contributed by atoms with Gasteiger partial charge in [0.05, 0.1) is 0 Å². The van der Waals surface area contributed by atoms with E-state index >= 15 is 0 Å². The molecule has 0 saturated carbocycles. The van der Waals surface area contributed by atoms with Crippen LogP contribution in [0, 0.1) is 0 Å². The smallest absolute Gasteiger partial charge is 0.143 e. The molecular formula is C61H42O2. The Morgan fingerprint density at radius 2 is 0.587 bits per heavy atom. The Labute approximate surface area is 365 Å². The van der Waals surface area contributed by atoms with E-state index in [1.54, 1.807) is 0 Å². The van der Waals surface area contributed by atoms with Crippen LogP contribution in [0.25, 0.3) is 131 Å². The summed E-state index contributed by atoms with van der Waals surface area (Å²) in [6.45, 7) is 4.25. The molecule has 0 spiro atoms. The van der Waals surface area contributed by atoms with Crippen LogP contribution in [0.3, 0.4) is 0 Å². The summed E-state index contributed by atoms with van der Waals surface area (Å²) in [5, 5.41) is 13.6. The third-order valence-corrected chi connectivity index (χ3v) is 12.7. The van der Waals surface area contributed by atoms with Gasteiger partial charge in [0.1, 0.15) is 22.3 Å². The topological polar surface area (TPSA) is 26.3 Å². The molecule has 0 unspecified atom stereocenters. The van der Waals surface area contributed by atoms with Gasteiger partial charge in [-0.2, -0.15) is 0 Å². The van der Waals surface area contributed by atoms with Crippen LogP contribution in [0.1, 0.15) is 20.3 Å². The zero-order valence-corrected chi connectivity index (χ0v) is 35.2. The maximum Gasteiger partial charge on any atom is 0.143 e. The van der Waals surface area contributed by atoms with Gasteiger partial charge in [-0.1, -0.05) is 202 Å². The van der Waals surface area contributed by atoms with Gasteiger partial charge >= 0.3 is 0 Å². The molecule has 2 heterocycles. The molecule has 2 heteroatoms. The van der Waals surface area contributed by atoms with Gasteiger partial charge in [0.15, 0.2) is 0 Å². The van der Waals surface area contributed by atoms with Crippen molar-refractivity contribution in [2.75, 3.05) is 0 Å². The monoisotopic (exact) mass is 806 g/mol. The van der Waals surface area contributed by atoms with Crippen LogP contribution in [-0.2, 0) is 0 Å². The molecule has 13 aromatic rings. The average Bonchev–Trinajstić information content (AvgIpc) is 3.35. The van der Waals surface area contributed by atoms with Crippen molar-refractivity contribution in [3.05, 3.63) is 206 Å². The fourth-order valence-corrected chi connectivity index (χ4v) is 9.93. The van der Waals surface area contributed by atoms with Gasteiger partial charge in [-0.05, 0) is 90.3 Å². The molecule has 0 saturated heterocycles. The first-order valence-corrected chi connectivity index (χ1v) is 22.0. The molecule has 0 atom stereocenters. The second-order valence-electron chi connectivity index (χ2n) is 16.6. The molecule has 0 aliphatic rings. The molecular weight excluding hydrogens is 765 g/mol. The molecule has 11 aromatic carbocycles. The summed E-state index contributed by atoms with van der Waals surface area (Å²) in [4.78, 5) is 0. The third kappa shape index (κ3) is 5.86. The van der Waals surface area contributed by atoms with Crippen LogP contribution in [0.5, 0.6) is 0 Å². The van der Waals surface area contributed by atoms with Crippen LogP contribution >= 0.6 is 0 Å². The van der Waals surface area contributed by atoms with E-state index in [9.17, 15) is 0 Å². The van der Waals surface area contributed by atoms with Crippen molar-refractivity contribution in [1.82, 2.24) is 0 Å². The standard InChI is InChI=1S/C58H34O2.C3H8/c1-3-13-35(14-4-1)37-25-29-39(30-26-37)47-33-49-53-45-21-11-24-52-56(45)54(46-22-12-23-51(55(46)53)59-57(49)43-19-9-7-17-41(43)47)50-34-48(42-18-8-10-20-44(42)58(50)60-52)40-31-27-38(28-32-40)36-15-5-2-6-16-36;1-3-2/h1-34H;3H2,1-2H3. The van der Waals surface area contributed by atoms with Crippen LogP contribution in [0.2, 0.25) is 0 Å². The maximum atomic E-state index is 7.09. The van der Waals surface area contributed by atoms with Crippen molar-refractivity contribution in [3.63, 3.8) is 0 Å². The first-order chi connectivity index (χ1) is 31.2. The summed E-state index contributed by atoms with van der Waals surface area (Å²) in [6.07, 6.45) is 1.25. The highest BCUT2D eigenvalue weighted by Crippen LogP contribution is 2.50. The number of benzene rings is 11. The van der Waals surface area contributed by atoms with E-state index in [1.165, 1.54) is 61.7 Å². The van der Waals surface area contributed by atoms with Gasteiger partial charge in [-0.15, -0.1) is 0 Å². The van der Waals surface area contributed by atoms with Gasteiger partial charge < -0.3 is 8.83 Å². The molecule has 2 nitrogen and oxygen atoms in total. The number of rotatable bonds is 4. The first kappa shape index (κ1) is 36.9. The lowest BCUT2D eigenvalue weighted by atomic mass is 9.87. The van der Waals surface area contributed by atoms with E-state index in [4.69, 9.17) is 8.83 Å². The van der Waals surface area contributed by atoms with Crippen molar-refractivity contribution in [3.8, 4) is 44.5 Å². The van der Waals surface area contributed by atoms with E-state index in [0.29, 0.717) is 0 Å². The van der Waals surface area contributed by atoms with Gasteiger partial charge in [-0.25, -0.2) is 0 Å². The minimum absolute atomic E-state index is 0.870. The predicted molar refractivity (Wildman–Crippen MR) is 269 cm³/mol. The maximum absolute atomic E-state index is 7.09. The summed E-state index contributed by atoms with van der Waals surface area (Å²) < 4.78 is 14.2. The molecule has 298 valence electrons. The summed E-state index contributed by atoms with van der Waals surface area (Å²) >= 11 is 0.